The molecule has 0 spiro atoms. The minimum atomic E-state index is -0.482. The highest BCUT2D eigenvalue weighted by Gasteiger charge is 2.32. The van der Waals surface area contributed by atoms with Crippen LogP contribution in [0.3, 0.4) is 0 Å². The van der Waals surface area contributed by atoms with Crippen molar-refractivity contribution in [2.45, 2.75) is 40.2 Å². The van der Waals surface area contributed by atoms with Gasteiger partial charge in [-0.05, 0) is 48.6 Å². The number of benzene rings is 1. The normalized spacial score (nSPS) is 22.9. The third kappa shape index (κ3) is 5.54. The molecule has 5 heteroatoms. The van der Waals surface area contributed by atoms with E-state index < -0.39 is 5.92 Å². The molecule has 3 atom stereocenters. The molecule has 0 saturated carbocycles. The van der Waals surface area contributed by atoms with Gasteiger partial charge in [0, 0.05) is 5.69 Å². The first-order valence-electron chi connectivity index (χ1n) is 10.7. The molecule has 2 N–H and O–H groups in total. The van der Waals surface area contributed by atoms with Gasteiger partial charge in [-0.3, -0.25) is 9.59 Å². The van der Waals surface area contributed by atoms with Crippen molar-refractivity contribution in [3.8, 4) is 5.75 Å². The second kappa shape index (κ2) is 9.38. The van der Waals surface area contributed by atoms with E-state index in [0.717, 1.165) is 11.3 Å². The van der Waals surface area contributed by atoms with Crippen molar-refractivity contribution < 1.29 is 14.3 Å². The molecule has 1 aromatic rings. The second-order valence-corrected chi connectivity index (χ2v) is 9.14. The average molecular weight is 421 g/mol. The highest BCUT2D eigenvalue weighted by molar-refractivity contribution is 5.95. The Morgan fingerprint density at radius 3 is 2.35 bits per heavy atom. The Hall–Kier alpha value is -3.08. The van der Waals surface area contributed by atoms with Gasteiger partial charge in [-0.15, -0.1) is 0 Å². The van der Waals surface area contributed by atoms with Crippen molar-refractivity contribution in [3.63, 3.8) is 0 Å². The summed E-state index contributed by atoms with van der Waals surface area (Å²) in [5.41, 5.74) is 2.95. The lowest BCUT2D eigenvalue weighted by Gasteiger charge is -2.30. The van der Waals surface area contributed by atoms with Crippen LogP contribution in [0.25, 0.3) is 0 Å². The van der Waals surface area contributed by atoms with Gasteiger partial charge < -0.3 is 15.4 Å². The molecule has 1 aromatic carbocycles. The van der Waals surface area contributed by atoms with E-state index in [1.54, 1.807) is 31.4 Å². The first-order valence-corrected chi connectivity index (χ1v) is 10.7. The van der Waals surface area contributed by atoms with E-state index in [1.165, 1.54) is 5.57 Å². The van der Waals surface area contributed by atoms with Crippen LogP contribution in [0, 0.1) is 17.3 Å². The molecule has 0 aliphatic heterocycles. The summed E-state index contributed by atoms with van der Waals surface area (Å²) < 4.78 is 5.16. The van der Waals surface area contributed by atoms with Crippen molar-refractivity contribution >= 4 is 17.5 Å². The highest BCUT2D eigenvalue weighted by atomic mass is 16.5. The van der Waals surface area contributed by atoms with Crippen molar-refractivity contribution in [2.24, 2.45) is 17.3 Å². The molecule has 0 aromatic heterocycles. The van der Waals surface area contributed by atoms with Crippen molar-refractivity contribution in [1.82, 2.24) is 5.32 Å². The van der Waals surface area contributed by atoms with Gasteiger partial charge in [-0.2, -0.15) is 0 Å². The van der Waals surface area contributed by atoms with E-state index in [4.69, 9.17) is 4.74 Å². The van der Waals surface area contributed by atoms with Gasteiger partial charge in [0.1, 0.15) is 5.75 Å². The largest absolute Gasteiger partial charge is 0.497 e. The fourth-order valence-corrected chi connectivity index (χ4v) is 3.80. The predicted molar refractivity (Wildman–Crippen MR) is 125 cm³/mol. The number of rotatable bonds is 5. The molecule has 2 amide bonds. The van der Waals surface area contributed by atoms with Crippen molar-refractivity contribution in [2.75, 3.05) is 12.4 Å². The third-order valence-electron chi connectivity index (χ3n) is 5.79. The van der Waals surface area contributed by atoms with E-state index in [9.17, 15) is 9.59 Å². The monoisotopic (exact) mass is 420 g/mol. The molecular weight excluding hydrogens is 388 g/mol. The van der Waals surface area contributed by atoms with Gasteiger partial charge in [-0.25, -0.2) is 0 Å². The quantitative estimate of drug-likeness (QED) is 0.719. The molecule has 5 nitrogen and oxygen atoms in total. The third-order valence-corrected chi connectivity index (χ3v) is 5.79. The summed E-state index contributed by atoms with van der Waals surface area (Å²) >= 11 is 0. The number of nitrogens with one attached hydrogen (secondary N) is 2. The number of carbonyl (C=O) groups is 2. The number of methoxy groups -OCH3 is 1. The van der Waals surface area contributed by atoms with Crippen LogP contribution in [-0.4, -0.2) is 25.0 Å². The topological polar surface area (TPSA) is 67.4 Å². The molecule has 3 unspecified atom stereocenters. The smallest absolute Gasteiger partial charge is 0.233 e. The maximum absolute atomic E-state index is 13.0. The van der Waals surface area contributed by atoms with Crippen LogP contribution in [0.1, 0.15) is 34.1 Å². The van der Waals surface area contributed by atoms with Gasteiger partial charge >= 0.3 is 0 Å². The zero-order valence-electron chi connectivity index (χ0n) is 18.9. The van der Waals surface area contributed by atoms with E-state index in [0.29, 0.717) is 12.1 Å². The zero-order valence-corrected chi connectivity index (χ0v) is 18.9. The van der Waals surface area contributed by atoms with E-state index >= 15 is 0 Å². The van der Waals surface area contributed by atoms with E-state index in [-0.39, 0.29) is 29.2 Å². The van der Waals surface area contributed by atoms with Crippen molar-refractivity contribution in [1.29, 1.82) is 0 Å². The van der Waals surface area contributed by atoms with Crippen LogP contribution >= 0.6 is 0 Å². The Kier molecular flexibility index (Phi) is 6.84. The number of amides is 2. The van der Waals surface area contributed by atoms with Crippen LogP contribution in [0.15, 0.2) is 71.9 Å². The fourth-order valence-electron chi connectivity index (χ4n) is 3.80. The first kappa shape index (κ1) is 22.6. The van der Waals surface area contributed by atoms with Gasteiger partial charge in [0.05, 0.1) is 25.0 Å². The van der Waals surface area contributed by atoms with Crippen LogP contribution in [-0.2, 0) is 9.59 Å². The summed E-state index contributed by atoms with van der Waals surface area (Å²) in [6.45, 7) is 8.44. The van der Waals surface area contributed by atoms with Crippen LogP contribution in [0.4, 0.5) is 5.69 Å². The molecule has 0 bridgehead atoms. The van der Waals surface area contributed by atoms with Gasteiger partial charge in [0.2, 0.25) is 11.8 Å². The maximum atomic E-state index is 13.0. The summed E-state index contributed by atoms with van der Waals surface area (Å²) in [6.07, 6.45) is 12.5. The number of hydrogen-bond donors (Lipinski definition) is 2. The number of carbonyl (C=O) groups excluding carboxylic acids is 2. The second-order valence-electron chi connectivity index (χ2n) is 9.14. The molecule has 3 rings (SSSR count). The molecule has 0 heterocycles. The van der Waals surface area contributed by atoms with Crippen molar-refractivity contribution in [3.05, 3.63) is 71.9 Å². The lowest BCUT2D eigenvalue weighted by molar-refractivity contribution is -0.125. The lowest BCUT2D eigenvalue weighted by atomic mass is 9.81. The lowest BCUT2D eigenvalue weighted by Crippen LogP contribution is -2.47. The number of anilines is 1. The fraction of sp³-hybridized carbons (Fsp3) is 0.385. The number of hydrogen-bond acceptors (Lipinski definition) is 3. The predicted octanol–water partition coefficient (Wildman–Crippen LogP) is 4.80. The first-order chi connectivity index (χ1) is 14.7. The Labute approximate surface area is 184 Å². The summed E-state index contributed by atoms with van der Waals surface area (Å²) in [4.78, 5) is 26.0. The number of allylic oxidation sites excluding steroid dienone is 5. The van der Waals surface area contributed by atoms with Crippen LogP contribution in [0.5, 0.6) is 5.75 Å². The minimum absolute atomic E-state index is 0.0595. The Balaban J connectivity index is 1.67. The van der Waals surface area contributed by atoms with Gasteiger partial charge in [0.15, 0.2) is 0 Å². The average Bonchev–Trinajstić information content (AvgIpc) is 2.75. The molecule has 0 radical (unpaired) electrons. The van der Waals surface area contributed by atoms with E-state index in [2.05, 4.69) is 37.5 Å². The minimum Gasteiger partial charge on any atom is -0.497 e. The highest BCUT2D eigenvalue weighted by Crippen LogP contribution is 2.31. The summed E-state index contributed by atoms with van der Waals surface area (Å²) in [5.74, 6) is -0.202. The van der Waals surface area contributed by atoms with Gasteiger partial charge in [-0.1, -0.05) is 62.8 Å². The summed E-state index contributed by atoms with van der Waals surface area (Å²) in [6, 6.07) is 6.81. The van der Waals surface area contributed by atoms with Gasteiger partial charge in [0.25, 0.3) is 0 Å². The molecule has 164 valence electrons. The van der Waals surface area contributed by atoms with Crippen LogP contribution in [0.2, 0.25) is 0 Å². The molecule has 0 fully saturated rings. The van der Waals surface area contributed by atoms with Crippen LogP contribution < -0.4 is 15.4 Å². The molecule has 2 aliphatic carbocycles. The Morgan fingerprint density at radius 1 is 1.06 bits per heavy atom. The summed E-state index contributed by atoms with van der Waals surface area (Å²) in [7, 11) is 1.60. The molecule has 31 heavy (non-hydrogen) atoms. The SMILES string of the molecule is COc1ccc(NC(=O)C2C=CC=C(C)C2NC(=O)C2C=CC(C(C)(C)C)=CC2)cc1. The maximum Gasteiger partial charge on any atom is 0.233 e. The summed E-state index contributed by atoms with van der Waals surface area (Å²) in [5, 5.41) is 6.05. The molecular formula is C26H32N2O3. The standard InChI is InChI=1S/C26H32N2O3/c1-17-7-6-8-22(25(30)27-20-13-15-21(31-5)16-14-20)23(17)28-24(29)18-9-11-19(12-10-18)26(2,3)4/h6-9,11-16,18,22-23H,10H2,1-5H3,(H,27,30)(H,28,29). The molecule has 0 saturated heterocycles. The Bertz CT molecular complexity index is 946. The number of ether oxygens (including phenoxy) is 1. The zero-order chi connectivity index (χ0) is 22.6. The Morgan fingerprint density at radius 2 is 1.77 bits per heavy atom. The molecule has 2 aliphatic rings. The van der Waals surface area contributed by atoms with E-state index in [1.807, 2.05) is 37.3 Å².